The largest absolute Gasteiger partial charge is 0.267 e. The summed E-state index contributed by atoms with van der Waals surface area (Å²) in [5, 5.41) is 4.90. The quantitative estimate of drug-likeness (QED) is 0.909. The van der Waals surface area contributed by atoms with E-state index in [0.29, 0.717) is 16.5 Å². The van der Waals surface area contributed by atoms with Gasteiger partial charge in [0, 0.05) is 6.54 Å². The maximum atomic E-state index is 12.3. The highest BCUT2D eigenvalue weighted by Crippen LogP contribution is 2.19. The molecule has 120 valence electrons. The highest BCUT2D eigenvalue weighted by molar-refractivity contribution is 7.89. The molecule has 2 rings (SSSR count). The van der Waals surface area contributed by atoms with Crippen molar-refractivity contribution in [2.24, 2.45) is 0 Å². The molecule has 0 amide bonds. The molecule has 0 fully saturated rings. The first kappa shape index (κ1) is 17.0. The predicted octanol–water partition coefficient (Wildman–Crippen LogP) is 2.75. The molecule has 22 heavy (non-hydrogen) atoms. The monoisotopic (exact) mass is 341 g/mol. The molecular weight excluding hydrogens is 322 g/mol. The molecule has 0 aliphatic carbocycles. The molecule has 0 aliphatic rings. The van der Waals surface area contributed by atoms with Gasteiger partial charge in [0.2, 0.25) is 10.0 Å². The number of nitrogens with one attached hydrogen (secondary N) is 1. The van der Waals surface area contributed by atoms with Crippen molar-refractivity contribution in [2.75, 3.05) is 6.54 Å². The van der Waals surface area contributed by atoms with E-state index in [2.05, 4.69) is 9.82 Å². The fourth-order valence-corrected chi connectivity index (χ4v) is 3.74. The van der Waals surface area contributed by atoms with E-state index in [0.717, 1.165) is 22.5 Å². The zero-order valence-corrected chi connectivity index (χ0v) is 14.7. The average Bonchev–Trinajstić information content (AvgIpc) is 2.66. The van der Waals surface area contributed by atoms with Gasteiger partial charge in [-0.1, -0.05) is 29.3 Å². The summed E-state index contributed by atoms with van der Waals surface area (Å²) < 4.78 is 29.0. The number of hydrogen-bond acceptors (Lipinski definition) is 3. The van der Waals surface area contributed by atoms with Gasteiger partial charge in [-0.25, -0.2) is 13.1 Å². The van der Waals surface area contributed by atoms with Crippen LogP contribution in [0.5, 0.6) is 0 Å². The number of sulfonamides is 1. The molecule has 1 aromatic heterocycles. The van der Waals surface area contributed by atoms with Crippen LogP contribution < -0.4 is 4.72 Å². The molecule has 1 aromatic carbocycles. The number of hydrogen-bond donors (Lipinski definition) is 1. The molecule has 0 atom stereocenters. The Bertz CT molecular complexity index is 797. The molecule has 0 saturated carbocycles. The van der Waals surface area contributed by atoms with E-state index in [1.807, 2.05) is 26.8 Å². The van der Waals surface area contributed by atoms with Crippen LogP contribution >= 0.6 is 11.6 Å². The number of halogens is 1. The molecule has 1 heterocycles. The highest BCUT2D eigenvalue weighted by Gasteiger charge is 2.16. The van der Waals surface area contributed by atoms with E-state index < -0.39 is 10.0 Å². The third-order valence-corrected chi connectivity index (χ3v) is 5.70. The van der Waals surface area contributed by atoms with E-state index in [1.165, 1.54) is 0 Å². The van der Waals surface area contributed by atoms with Crippen molar-refractivity contribution in [3.05, 3.63) is 45.7 Å². The summed E-state index contributed by atoms with van der Waals surface area (Å²) in [7, 11) is -3.52. The summed E-state index contributed by atoms with van der Waals surface area (Å²) in [6.07, 6.45) is 0. The Balaban J connectivity index is 2.08. The van der Waals surface area contributed by atoms with Crippen molar-refractivity contribution in [3.63, 3.8) is 0 Å². The van der Waals surface area contributed by atoms with Crippen LogP contribution in [-0.2, 0) is 16.6 Å². The minimum atomic E-state index is -3.52. The van der Waals surface area contributed by atoms with E-state index >= 15 is 0 Å². The summed E-state index contributed by atoms with van der Waals surface area (Å²) in [5.41, 5.74) is 3.36. The van der Waals surface area contributed by atoms with Crippen molar-refractivity contribution in [2.45, 2.75) is 39.1 Å². The molecule has 7 heteroatoms. The van der Waals surface area contributed by atoms with Crippen LogP contribution in [0.15, 0.2) is 23.1 Å². The van der Waals surface area contributed by atoms with Gasteiger partial charge in [0.1, 0.15) is 0 Å². The summed E-state index contributed by atoms with van der Waals surface area (Å²) in [6, 6.07) is 5.28. The molecular formula is C15H20ClN3O2S. The first-order valence-electron chi connectivity index (χ1n) is 6.99. The molecule has 0 saturated heterocycles. The Labute approximate surface area is 136 Å². The number of rotatable bonds is 5. The predicted molar refractivity (Wildman–Crippen MR) is 87.8 cm³/mol. The minimum Gasteiger partial charge on any atom is -0.267 e. The molecule has 2 aromatic rings. The van der Waals surface area contributed by atoms with Gasteiger partial charge in [-0.2, -0.15) is 5.10 Å². The lowest BCUT2D eigenvalue weighted by Gasteiger charge is -2.10. The summed E-state index contributed by atoms with van der Waals surface area (Å²) in [6.45, 7) is 8.11. The summed E-state index contributed by atoms with van der Waals surface area (Å²) >= 11 is 6.08. The molecule has 0 bridgehead atoms. The summed E-state index contributed by atoms with van der Waals surface area (Å²) in [5.74, 6) is 0. The van der Waals surface area contributed by atoms with Crippen molar-refractivity contribution in [1.82, 2.24) is 14.5 Å². The molecule has 0 unspecified atom stereocenters. The zero-order chi connectivity index (χ0) is 16.5. The van der Waals surface area contributed by atoms with E-state index in [1.54, 1.807) is 23.7 Å². The van der Waals surface area contributed by atoms with Gasteiger partial charge >= 0.3 is 0 Å². The van der Waals surface area contributed by atoms with Crippen LogP contribution in [0.25, 0.3) is 0 Å². The van der Waals surface area contributed by atoms with Crippen molar-refractivity contribution >= 4 is 21.6 Å². The van der Waals surface area contributed by atoms with Gasteiger partial charge in [0.15, 0.2) is 0 Å². The number of nitrogens with zero attached hydrogens (tertiary/aromatic N) is 2. The topological polar surface area (TPSA) is 64.0 Å². The lowest BCUT2D eigenvalue weighted by molar-refractivity contribution is 0.554. The van der Waals surface area contributed by atoms with Gasteiger partial charge in [-0.05, 0) is 39.3 Å². The lowest BCUT2D eigenvalue weighted by atomic mass is 10.2. The maximum Gasteiger partial charge on any atom is 0.240 e. The Hall–Kier alpha value is -1.37. The summed E-state index contributed by atoms with van der Waals surface area (Å²) in [4.78, 5) is 0.310. The first-order chi connectivity index (χ1) is 10.2. The zero-order valence-electron chi connectivity index (χ0n) is 13.1. The Morgan fingerprint density at radius 1 is 1.23 bits per heavy atom. The number of aromatic nitrogens is 2. The van der Waals surface area contributed by atoms with Gasteiger partial charge < -0.3 is 0 Å². The highest BCUT2D eigenvalue weighted by atomic mass is 35.5. The SMILES string of the molecule is Cc1ccc(S(=O)(=O)NCCn2nc(C)c(Cl)c2C)c(C)c1. The van der Waals surface area contributed by atoms with E-state index in [9.17, 15) is 8.42 Å². The standard InChI is InChI=1S/C15H20ClN3O2S/c1-10-5-6-14(11(2)9-10)22(20,21)17-7-8-19-13(4)15(16)12(3)18-19/h5-6,9,17H,7-8H2,1-4H3. The Morgan fingerprint density at radius 2 is 1.91 bits per heavy atom. The van der Waals surface area contributed by atoms with Crippen LogP contribution in [0.2, 0.25) is 5.02 Å². The van der Waals surface area contributed by atoms with Crippen molar-refractivity contribution in [3.8, 4) is 0 Å². The van der Waals surface area contributed by atoms with Crippen LogP contribution in [0.1, 0.15) is 22.5 Å². The molecule has 1 N–H and O–H groups in total. The van der Waals surface area contributed by atoms with Crippen LogP contribution in [0.3, 0.4) is 0 Å². The van der Waals surface area contributed by atoms with Crippen molar-refractivity contribution < 1.29 is 8.42 Å². The fourth-order valence-electron chi connectivity index (χ4n) is 2.36. The Kier molecular flexibility index (Phi) is 4.94. The first-order valence-corrected chi connectivity index (χ1v) is 8.85. The van der Waals surface area contributed by atoms with E-state index in [4.69, 9.17) is 11.6 Å². The second kappa shape index (κ2) is 6.40. The maximum absolute atomic E-state index is 12.3. The second-order valence-corrected chi connectivity index (χ2v) is 7.49. The minimum absolute atomic E-state index is 0.258. The van der Waals surface area contributed by atoms with Crippen LogP contribution in [-0.4, -0.2) is 24.7 Å². The third kappa shape index (κ3) is 3.51. The fraction of sp³-hybridized carbons (Fsp3) is 0.400. The van der Waals surface area contributed by atoms with Crippen LogP contribution in [0, 0.1) is 27.7 Å². The smallest absolute Gasteiger partial charge is 0.240 e. The lowest BCUT2D eigenvalue weighted by Crippen LogP contribution is -2.28. The molecule has 0 aliphatic heterocycles. The van der Waals surface area contributed by atoms with Crippen LogP contribution in [0.4, 0.5) is 0 Å². The number of benzene rings is 1. The Morgan fingerprint density at radius 3 is 2.45 bits per heavy atom. The normalized spacial score (nSPS) is 11.9. The van der Waals surface area contributed by atoms with Crippen molar-refractivity contribution in [1.29, 1.82) is 0 Å². The number of aryl methyl sites for hydroxylation is 3. The van der Waals surface area contributed by atoms with Gasteiger partial charge in [-0.3, -0.25) is 4.68 Å². The van der Waals surface area contributed by atoms with Gasteiger partial charge in [-0.15, -0.1) is 0 Å². The van der Waals surface area contributed by atoms with Gasteiger partial charge in [0.05, 0.1) is 27.9 Å². The van der Waals surface area contributed by atoms with Gasteiger partial charge in [0.25, 0.3) is 0 Å². The average molecular weight is 342 g/mol. The molecule has 0 spiro atoms. The third-order valence-electron chi connectivity index (χ3n) is 3.53. The van der Waals surface area contributed by atoms with E-state index in [-0.39, 0.29) is 6.54 Å². The second-order valence-electron chi connectivity index (χ2n) is 5.37. The molecule has 0 radical (unpaired) electrons. The molecule has 5 nitrogen and oxygen atoms in total.